The number of hydrogen-bond acceptors (Lipinski definition) is 3. The van der Waals surface area contributed by atoms with Crippen molar-refractivity contribution < 1.29 is 4.42 Å². The molecule has 0 fully saturated rings. The van der Waals surface area contributed by atoms with Crippen LogP contribution in [0.5, 0.6) is 0 Å². The van der Waals surface area contributed by atoms with E-state index in [-0.39, 0.29) is 6.04 Å². The number of nitrogens with zero attached hydrogens (tertiary/aromatic N) is 2. The van der Waals surface area contributed by atoms with Gasteiger partial charge in [-0.15, -0.1) is 0 Å². The molecule has 2 aromatic heterocycles. The number of aryl methyl sites for hydroxylation is 2. The maximum absolute atomic E-state index is 5.51. The Labute approximate surface area is 108 Å². The summed E-state index contributed by atoms with van der Waals surface area (Å²) in [5.74, 6) is 1.61. The van der Waals surface area contributed by atoms with E-state index in [2.05, 4.69) is 47.0 Å². The summed E-state index contributed by atoms with van der Waals surface area (Å²) in [5.41, 5.74) is 1.30. The molecule has 0 aromatic carbocycles. The second-order valence-corrected chi connectivity index (χ2v) is 4.60. The van der Waals surface area contributed by atoms with Crippen molar-refractivity contribution in [2.75, 3.05) is 0 Å². The number of oxazole rings is 1. The smallest absolute Gasteiger partial charge is 0.211 e. The van der Waals surface area contributed by atoms with Crippen LogP contribution in [-0.2, 0) is 13.1 Å². The van der Waals surface area contributed by atoms with Gasteiger partial charge in [0.2, 0.25) is 5.89 Å². The van der Waals surface area contributed by atoms with Gasteiger partial charge in [0.05, 0.1) is 12.2 Å². The van der Waals surface area contributed by atoms with Crippen molar-refractivity contribution in [3.63, 3.8) is 0 Å². The maximum atomic E-state index is 5.51. The van der Waals surface area contributed by atoms with Gasteiger partial charge in [-0.25, -0.2) is 4.98 Å². The van der Waals surface area contributed by atoms with Crippen molar-refractivity contribution in [3.8, 4) is 0 Å². The number of hydrogen-bond donors (Lipinski definition) is 1. The van der Waals surface area contributed by atoms with E-state index in [1.807, 2.05) is 6.92 Å². The second-order valence-electron chi connectivity index (χ2n) is 4.60. The zero-order chi connectivity index (χ0) is 13.0. The van der Waals surface area contributed by atoms with Gasteiger partial charge in [-0.1, -0.05) is 6.92 Å². The third-order valence-electron chi connectivity index (χ3n) is 2.99. The molecule has 0 saturated heterocycles. The first-order valence-corrected chi connectivity index (χ1v) is 6.50. The van der Waals surface area contributed by atoms with Crippen LogP contribution in [0, 0.1) is 6.92 Å². The van der Waals surface area contributed by atoms with Crippen LogP contribution in [0.1, 0.15) is 43.7 Å². The monoisotopic (exact) mass is 247 g/mol. The van der Waals surface area contributed by atoms with Crippen molar-refractivity contribution in [1.29, 1.82) is 0 Å². The number of aromatic nitrogens is 2. The summed E-state index contributed by atoms with van der Waals surface area (Å²) < 4.78 is 7.79. The van der Waals surface area contributed by atoms with Gasteiger partial charge in [0.25, 0.3) is 0 Å². The normalized spacial score (nSPS) is 12.8. The Morgan fingerprint density at radius 2 is 2.33 bits per heavy atom. The highest BCUT2D eigenvalue weighted by Gasteiger charge is 2.11. The van der Waals surface area contributed by atoms with Crippen LogP contribution in [0.3, 0.4) is 0 Å². The predicted octanol–water partition coefficient (Wildman–Crippen LogP) is 3.05. The molecule has 1 unspecified atom stereocenters. The van der Waals surface area contributed by atoms with Gasteiger partial charge >= 0.3 is 0 Å². The standard InChI is InChI=1S/C14H21N3O/c1-4-7-17-8-5-6-13(17)10-15-12(3)14-16-9-11(2)18-14/h5-6,8-9,12,15H,4,7,10H2,1-3H3. The highest BCUT2D eigenvalue weighted by atomic mass is 16.4. The lowest BCUT2D eigenvalue weighted by molar-refractivity contribution is 0.399. The lowest BCUT2D eigenvalue weighted by Gasteiger charge is -2.12. The summed E-state index contributed by atoms with van der Waals surface area (Å²) in [4.78, 5) is 4.24. The molecule has 2 aromatic rings. The third-order valence-corrected chi connectivity index (χ3v) is 2.99. The quantitative estimate of drug-likeness (QED) is 0.853. The van der Waals surface area contributed by atoms with E-state index < -0.39 is 0 Å². The number of nitrogens with one attached hydrogen (secondary N) is 1. The minimum Gasteiger partial charge on any atom is -0.444 e. The van der Waals surface area contributed by atoms with E-state index in [4.69, 9.17) is 4.42 Å². The molecule has 98 valence electrons. The van der Waals surface area contributed by atoms with E-state index in [0.717, 1.165) is 31.2 Å². The molecule has 0 aliphatic heterocycles. The second kappa shape index (κ2) is 5.87. The fraction of sp³-hybridized carbons (Fsp3) is 0.500. The molecule has 0 aliphatic rings. The van der Waals surface area contributed by atoms with Gasteiger partial charge in [-0.3, -0.25) is 0 Å². The first kappa shape index (κ1) is 12.9. The molecule has 1 N–H and O–H groups in total. The Morgan fingerprint density at radius 1 is 1.50 bits per heavy atom. The minimum absolute atomic E-state index is 0.128. The molecule has 0 aliphatic carbocycles. The predicted molar refractivity (Wildman–Crippen MR) is 71.2 cm³/mol. The number of rotatable bonds is 6. The molecular weight excluding hydrogens is 226 g/mol. The van der Waals surface area contributed by atoms with Crippen LogP contribution >= 0.6 is 0 Å². The van der Waals surface area contributed by atoms with Crippen LogP contribution in [0.4, 0.5) is 0 Å². The largest absolute Gasteiger partial charge is 0.444 e. The highest BCUT2D eigenvalue weighted by Crippen LogP contribution is 2.13. The zero-order valence-corrected chi connectivity index (χ0v) is 11.3. The van der Waals surface area contributed by atoms with E-state index in [0.29, 0.717) is 0 Å². The average molecular weight is 247 g/mol. The van der Waals surface area contributed by atoms with Crippen molar-refractivity contribution in [3.05, 3.63) is 41.9 Å². The van der Waals surface area contributed by atoms with Crippen LogP contribution in [0.15, 0.2) is 28.9 Å². The van der Waals surface area contributed by atoms with Crippen LogP contribution in [0.2, 0.25) is 0 Å². The van der Waals surface area contributed by atoms with Gasteiger partial charge < -0.3 is 14.3 Å². The van der Waals surface area contributed by atoms with Gasteiger partial charge in [-0.2, -0.15) is 0 Å². The van der Waals surface area contributed by atoms with E-state index >= 15 is 0 Å². The van der Waals surface area contributed by atoms with E-state index in [1.54, 1.807) is 6.20 Å². The molecule has 18 heavy (non-hydrogen) atoms. The topological polar surface area (TPSA) is 43.0 Å². The van der Waals surface area contributed by atoms with Crippen LogP contribution < -0.4 is 5.32 Å². The van der Waals surface area contributed by atoms with Gasteiger partial charge in [0.15, 0.2) is 0 Å². The van der Waals surface area contributed by atoms with Gasteiger partial charge in [0, 0.05) is 25.0 Å². The molecule has 2 heterocycles. The summed E-state index contributed by atoms with van der Waals surface area (Å²) >= 11 is 0. The average Bonchev–Trinajstić information content (AvgIpc) is 2.96. The van der Waals surface area contributed by atoms with E-state index in [9.17, 15) is 0 Å². The zero-order valence-electron chi connectivity index (χ0n) is 11.3. The first-order chi connectivity index (χ1) is 8.70. The summed E-state index contributed by atoms with van der Waals surface area (Å²) in [6.45, 7) is 8.06. The first-order valence-electron chi connectivity index (χ1n) is 6.50. The molecule has 0 saturated carbocycles. The molecule has 0 spiro atoms. The molecule has 4 nitrogen and oxygen atoms in total. The van der Waals surface area contributed by atoms with Crippen molar-refractivity contribution in [1.82, 2.24) is 14.9 Å². The fourth-order valence-corrected chi connectivity index (χ4v) is 1.99. The van der Waals surface area contributed by atoms with Crippen molar-refractivity contribution in [2.24, 2.45) is 0 Å². The van der Waals surface area contributed by atoms with Crippen molar-refractivity contribution in [2.45, 2.75) is 46.3 Å². The summed E-state index contributed by atoms with van der Waals surface area (Å²) in [5, 5.41) is 3.44. The Balaban J connectivity index is 1.92. The highest BCUT2D eigenvalue weighted by molar-refractivity contribution is 5.07. The summed E-state index contributed by atoms with van der Waals surface area (Å²) in [6.07, 6.45) is 5.03. The Hall–Kier alpha value is -1.55. The minimum atomic E-state index is 0.128. The van der Waals surface area contributed by atoms with Crippen LogP contribution in [0.25, 0.3) is 0 Å². The third kappa shape index (κ3) is 3.01. The van der Waals surface area contributed by atoms with Gasteiger partial charge in [0.1, 0.15) is 5.76 Å². The Kier molecular flexibility index (Phi) is 4.20. The maximum Gasteiger partial charge on any atom is 0.211 e. The fourth-order valence-electron chi connectivity index (χ4n) is 1.99. The molecule has 0 amide bonds. The molecule has 4 heteroatoms. The molecule has 1 atom stereocenters. The molecular formula is C14H21N3O. The SMILES string of the molecule is CCCn1cccc1CNC(C)c1ncc(C)o1. The van der Waals surface area contributed by atoms with Crippen LogP contribution in [-0.4, -0.2) is 9.55 Å². The molecule has 2 rings (SSSR count). The Morgan fingerprint density at radius 3 is 3.00 bits per heavy atom. The summed E-state index contributed by atoms with van der Waals surface area (Å²) in [6, 6.07) is 4.37. The van der Waals surface area contributed by atoms with E-state index in [1.165, 1.54) is 5.69 Å². The van der Waals surface area contributed by atoms with Gasteiger partial charge in [-0.05, 0) is 32.4 Å². The lowest BCUT2D eigenvalue weighted by atomic mass is 10.3. The van der Waals surface area contributed by atoms with Crippen molar-refractivity contribution >= 4 is 0 Å². The Bertz CT molecular complexity index is 487. The summed E-state index contributed by atoms with van der Waals surface area (Å²) in [7, 11) is 0. The molecule has 0 bridgehead atoms. The lowest BCUT2D eigenvalue weighted by Crippen LogP contribution is -2.20. The molecule has 0 radical (unpaired) electrons.